The van der Waals surface area contributed by atoms with E-state index in [0.29, 0.717) is 11.4 Å². The number of hydrogen-bond donors (Lipinski definition) is 2. The van der Waals surface area contributed by atoms with E-state index >= 15 is 0 Å². The number of hydrogen-bond acceptors (Lipinski definition) is 6. The first-order chi connectivity index (χ1) is 10.6. The van der Waals surface area contributed by atoms with Crippen molar-refractivity contribution in [3.8, 4) is 15.8 Å². The maximum Gasteiger partial charge on any atom is 0.251 e. The molecule has 0 fully saturated rings. The minimum Gasteiger partial charge on any atom is -0.383 e. The molecule has 0 radical (unpaired) electrons. The van der Waals surface area contributed by atoms with Crippen molar-refractivity contribution in [2.75, 3.05) is 5.73 Å². The van der Waals surface area contributed by atoms with Crippen LogP contribution in [0.4, 0.5) is 5.82 Å². The lowest BCUT2D eigenvalue weighted by Gasteiger charge is -1.99. The zero-order chi connectivity index (χ0) is 15.7. The maximum absolute atomic E-state index is 11.5. The number of rotatable bonds is 3. The SMILES string of the molecule is N#C/C=C/c1csc(-c2cc3c(N)ncc(C(N)=O)c3s2)c1. The number of nitrogen functional groups attached to an aromatic ring is 1. The molecule has 0 unspecified atom stereocenters. The van der Waals surface area contributed by atoms with Crippen molar-refractivity contribution >= 4 is 50.6 Å². The lowest BCUT2D eigenvalue weighted by molar-refractivity contribution is 0.100. The molecular formula is C15H10N4OS2. The number of anilines is 1. The molecule has 0 aromatic carbocycles. The summed E-state index contributed by atoms with van der Waals surface area (Å²) in [4.78, 5) is 17.5. The van der Waals surface area contributed by atoms with Crippen LogP contribution >= 0.6 is 22.7 Å². The highest BCUT2D eigenvalue weighted by Gasteiger charge is 2.15. The average molecular weight is 326 g/mol. The van der Waals surface area contributed by atoms with E-state index in [0.717, 1.165) is 25.4 Å². The molecule has 1 amide bonds. The highest BCUT2D eigenvalue weighted by atomic mass is 32.1. The molecule has 4 N–H and O–H groups in total. The number of nitrogens with two attached hydrogens (primary N) is 2. The number of pyridine rings is 1. The Kier molecular flexibility index (Phi) is 3.63. The van der Waals surface area contributed by atoms with Crippen molar-refractivity contribution in [3.63, 3.8) is 0 Å². The molecular weight excluding hydrogens is 316 g/mol. The number of primary amides is 1. The van der Waals surface area contributed by atoms with Gasteiger partial charge in [0.05, 0.1) is 16.3 Å². The van der Waals surface area contributed by atoms with Gasteiger partial charge in [0.2, 0.25) is 0 Å². The number of nitrogens with zero attached hydrogens (tertiary/aromatic N) is 2. The standard InChI is InChI=1S/C15H10N4OS2/c16-3-1-2-8-4-11(21-7-8)12-5-9-13(22-12)10(15(18)20)6-19-14(9)17/h1-2,4-7H,(H2,17,19)(H2,18,20)/b2-1+. The Morgan fingerprint density at radius 3 is 2.91 bits per heavy atom. The van der Waals surface area contributed by atoms with Crippen LogP contribution < -0.4 is 11.5 Å². The summed E-state index contributed by atoms with van der Waals surface area (Å²) in [5, 5.41) is 11.3. The quantitative estimate of drug-likeness (QED) is 0.720. The third-order valence-electron chi connectivity index (χ3n) is 3.06. The zero-order valence-corrected chi connectivity index (χ0v) is 12.9. The predicted molar refractivity (Wildman–Crippen MR) is 90.5 cm³/mol. The van der Waals surface area contributed by atoms with Crippen molar-refractivity contribution in [1.29, 1.82) is 5.26 Å². The number of carbonyl (C=O) groups excluding carboxylic acids is 1. The fourth-order valence-electron chi connectivity index (χ4n) is 2.04. The summed E-state index contributed by atoms with van der Waals surface area (Å²) in [6.07, 6.45) is 4.59. The van der Waals surface area contributed by atoms with Gasteiger partial charge in [-0.3, -0.25) is 4.79 Å². The molecule has 7 heteroatoms. The molecule has 108 valence electrons. The van der Waals surface area contributed by atoms with Crippen molar-refractivity contribution < 1.29 is 4.79 Å². The van der Waals surface area contributed by atoms with E-state index in [1.165, 1.54) is 23.6 Å². The monoisotopic (exact) mass is 326 g/mol. The first-order valence-corrected chi connectivity index (χ1v) is 7.92. The molecule has 0 aliphatic carbocycles. The topological polar surface area (TPSA) is 106 Å². The third-order valence-corrected chi connectivity index (χ3v) is 5.38. The first-order valence-electron chi connectivity index (χ1n) is 6.23. The van der Waals surface area contributed by atoms with Gasteiger partial charge in [0.25, 0.3) is 5.91 Å². The summed E-state index contributed by atoms with van der Waals surface area (Å²) in [5.74, 6) is -0.140. The van der Waals surface area contributed by atoms with Crippen molar-refractivity contribution in [3.05, 3.63) is 40.9 Å². The number of aromatic nitrogens is 1. The van der Waals surface area contributed by atoms with Crippen LogP contribution in [0.5, 0.6) is 0 Å². The summed E-state index contributed by atoms with van der Waals surface area (Å²) in [5.41, 5.74) is 12.6. The Morgan fingerprint density at radius 2 is 2.18 bits per heavy atom. The smallest absolute Gasteiger partial charge is 0.251 e. The second-order valence-corrected chi connectivity index (χ2v) is 6.44. The van der Waals surface area contributed by atoms with Crippen LogP contribution in [0.2, 0.25) is 0 Å². The van der Waals surface area contributed by atoms with Gasteiger partial charge in [-0.05, 0) is 29.2 Å². The Bertz CT molecular complexity index is 946. The molecule has 0 spiro atoms. The molecule has 0 atom stereocenters. The van der Waals surface area contributed by atoms with Crippen LogP contribution in [0.1, 0.15) is 15.9 Å². The van der Waals surface area contributed by atoms with Gasteiger partial charge in [-0.25, -0.2) is 4.98 Å². The van der Waals surface area contributed by atoms with Crippen LogP contribution in [-0.4, -0.2) is 10.9 Å². The van der Waals surface area contributed by atoms with Gasteiger partial charge in [0.15, 0.2) is 0 Å². The van der Waals surface area contributed by atoms with Crippen LogP contribution in [0.3, 0.4) is 0 Å². The largest absolute Gasteiger partial charge is 0.383 e. The molecule has 0 saturated heterocycles. The molecule has 0 aliphatic rings. The predicted octanol–water partition coefficient (Wildman–Crippen LogP) is 3.24. The van der Waals surface area contributed by atoms with E-state index in [4.69, 9.17) is 16.7 Å². The molecule has 3 aromatic rings. The van der Waals surface area contributed by atoms with Crippen LogP contribution in [-0.2, 0) is 0 Å². The Balaban J connectivity index is 2.13. The fourth-order valence-corrected chi connectivity index (χ4v) is 4.19. The van der Waals surface area contributed by atoms with E-state index < -0.39 is 5.91 Å². The summed E-state index contributed by atoms with van der Waals surface area (Å²) in [6.45, 7) is 0. The van der Waals surface area contributed by atoms with E-state index in [2.05, 4.69) is 4.98 Å². The van der Waals surface area contributed by atoms with Crippen LogP contribution in [0, 0.1) is 11.3 Å². The van der Waals surface area contributed by atoms with Gasteiger partial charge in [-0.15, -0.1) is 22.7 Å². The van der Waals surface area contributed by atoms with E-state index in [1.807, 2.05) is 23.6 Å². The highest BCUT2D eigenvalue weighted by Crippen LogP contribution is 2.39. The number of nitriles is 1. The molecule has 3 rings (SSSR count). The molecule has 0 saturated carbocycles. The molecule has 0 bridgehead atoms. The van der Waals surface area contributed by atoms with E-state index in [9.17, 15) is 4.79 Å². The fraction of sp³-hybridized carbons (Fsp3) is 0. The van der Waals surface area contributed by atoms with Crippen LogP contribution in [0.25, 0.3) is 25.9 Å². The number of thiophene rings is 2. The lowest BCUT2D eigenvalue weighted by atomic mass is 10.2. The lowest BCUT2D eigenvalue weighted by Crippen LogP contribution is -2.11. The Morgan fingerprint density at radius 1 is 1.36 bits per heavy atom. The summed E-state index contributed by atoms with van der Waals surface area (Å²) in [6, 6.07) is 5.86. The van der Waals surface area contributed by atoms with Crippen LogP contribution in [0.15, 0.2) is 29.8 Å². The first kappa shape index (κ1) is 14.3. The van der Waals surface area contributed by atoms with Crippen molar-refractivity contribution in [2.24, 2.45) is 5.73 Å². The summed E-state index contributed by atoms with van der Waals surface area (Å²) < 4.78 is 0.748. The minimum atomic E-state index is -0.519. The van der Waals surface area contributed by atoms with Crippen molar-refractivity contribution in [2.45, 2.75) is 0 Å². The molecule has 22 heavy (non-hydrogen) atoms. The number of fused-ring (bicyclic) bond motifs is 1. The van der Waals surface area contributed by atoms with Gasteiger partial charge in [-0.2, -0.15) is 5.26 Å². The molecule has 3 heterocycles. The number of carbonyl (C=O) groups is 1. The van der Waals surface area contributed by atoms with Gasteiger partial charge >= 0.3 is 0 Å². The van der Waals surface area contributed by atoms with Gasteiger partial charge in [0, 0.05) is 27.4 Å². The number of amides is 1. The molecule has 5 nitrogen and oxygen atoms in total. The zero-order valence-electron chi connectivity index (χ0n) is 11.2. The second kappa shape index (κ2) is 5.60. The third kappa shape index (κ3) is 2.45. The second-order valence-electron chi connectivity index (χ2n) is 4.48. The number of allylic oxidation sites excluding steroid dienone is 1. The van der Waals surface area contributed by atoms with E-state index in [1.54, 1.807) is 17.4 Å². The summed E-state index contributed by atoms with van der Waals surface area (Å²) in [7, 11) is 0. The Labute approximate surface area is 134 Å². The van der Waals surface area contributed by atoms with Crippen molar-refractivity contribution in [1.82, 2.24) is 4.98 Å². The molecule has 3 aromatic heterocycles. The maximum atomic E-state index is 11.5. The highest BCUT2D eigenvalue weighted by molar-refractivity contribution is 7.26. The van der Waals surface area contributed by atoms with Gasteiger partial charge in [-0.1, -0.05) is 0 Å². The summed E-state index contributed by atoms with van der Waals surface area (Å²) >= 11 is 3.02. The average Bonchev–Trinajstić information content (AvgIpc) is 3.12. The minimum absolute atomic E-state index is 0.376. The van der Waals surface area contributed by atoms with Gasteiger partial charge in [0.1, 0.15) is 5.82 Å². The Hall–Kier alpha value is -2.69. The normalized spacial score (nSPS) is 11.0. The van der Waals surface area contributed by atoms with E-state index in [-0.39, 0.29) is 0 Å². The molecule has 0 aliphatic heterocycles. The van der Waals surface area contributed by atoms with Gasteiger partial charge < -0.3 is 11.5 Å².